The van der Waals surface area contributed by atoms with E-state index in [2.05, 4.69) is 24.2 Å². The van der Waals surface area contributed by atoms with Gasteiger partial charge in [-0.25, -0.2) is 9.97 Å². The molecule has 1 aromatic carbocycles. The van der Waals surface area contributed by atoms with Crippen LogP contribution in [0.25, 0.3) is 16.6 Å². The number of aromatic nitrogens is 4. The van der Waals surface area contributed by atoms with E-state index >= 15 is 0 Å². The number of hydrogen-bond donors (Lipinski definition) is 0. The van der Waals surface area contributed by atoms with Crippen molar-refractivity contribution in [2.75, 3.05) is 6.61 Å². The second-order valence-electron chi connectivity index (χ2n) is 7.46. The molecule has 0 spiro atoms. The molecule has 1 fully saturated rings. The molecule has 148 valence electrons. The fourth-order valence-electron chi connectivity index (χ4n) is 3.77. The van der Waals surface area contributed by atoms with Gasteiger partial charge in [0.25, 0.3) is 5.56 Å². The molecule has 6 nitrogen and oxygen atoms in total. The van der Waals surface area contributed by atoms with Crippen LogP contribution in [0.15, 0.2) is 58.7 Å². The molecule has 0 radical (unpaired) electrons. The van der Waals surface area contributed by atoms with Crippen LogP contribution in [0.4, 0.5) is 0 Å². The maximum atomic E-state index is 13.2. The summed E-state index contributed by atoms with van der Waals surface area (Å²) in [4.78, 5) is 22.6. The van der Waals surface area contributed by atoms with Crippen LogP contribution < -0.4 is 5.56 Å². The van der Waals surface area contributed by atoms with Crippen LogP contribution in [0.5, 0.6) is 0 Å². The van der Waals surface area contributed by atoms with Crippen LogP contribution in [-0.4, -0.2) is 31.6 Å². The normalized spacial score (nSPS) is 16.8. The van der Waals surface area contributed by atoms with E-state index in [1.165, 1.54) is 5.56 Å². The number of ether oxygens (including phenoxy) is 1. The van der Waals surface area contributed by atoms with Crippen molar-refractivity contribution in [1.82, 2.24) is 18.9 Å². The zero-order valence-corrected chi connectivity index (χ0v) is 17.1. The van der Waals surface area contributed by atoms with E-state index < -0.39 is 0 Å². The number of benzene rings is 1. The number of hydrogen-bond acceptors (Lipinski definition) is 5. The smallest absolute Gasteiger partial charge is 0.262 e. The largest absolute Gasteiger partial charge is 0.376 e. The highest BCUT2D eigenvalue weighted by atomic mass is 32.2. The van der Waals surface area contributed by atoms with Gasteiger partial charge < -0.3 is 9.14 Å². The molecule has 1 saturated heterocycles. The van der Waals surface area contributed by atoms with Gasteiger partial charge in [0, 0.05) is 24.8 Å². The minimum atomic E-state index is -0.000716. The van der Waals surface area contributed by atoms with Crippen molar-refractivity contribution >= 4 is 28.3 Å². The van der Waals surface area contributed by atoms with Gasteiger partial charge in [0.15, 0.2) is 5.16 Å². The van der Waals surface area contributed by atoms with Crippen LogP contribution in [-0.2, 0) is 17.0 Å². The maximum absolute atomic E-state index is 13.2. The van der Waals surface area contributed by atoms with Crippen LogP contribution in [0.1, 0.15) is 24.1 Å². The lowest BCUT2D eigenvalue weighted by atomic mass is 10.2. The molecule has 1 aliphatic rings. The van der Waals surface area contributed by atoms with Gasteiger partial charge in [-0.05, 0) is 43.5 Å². The Morgan fingerprint density at radius 3 is 2.93 bits per heavy atom. The Kier molecular flexibility index (Phi) is 4.85. The van der Waals surface area contributed by atoms with Gasteiger partial charge in [0.05, 0.1) is 29.2 Å². The molecule has 0 bridgehead atoms. The van der Waals surface area contributed by atoms with E-state index in [-0.39, 0.29) is 11.7 Å². The van der Waals surface area contributed by atoms with E-state index in [4.69, 9.17) is 9.72 Å². The lowest BCUT2D eigenvalue weighted by Crippen LogP contribution is -2.28. The SMILES string of the molecule is Cc1ccc2nc(CSc3nc4ccccc4c(=O)n3CC3CCCO3)cn2c1. The van der Waals surface area contributed by atoms with Gasteiger partial charge >= 0.3 is 0 Å². The number of fused-ring (bicyclic) bond motifs is 2. The zero-order chi connectivity index (χ0) is 19.8. The third-order valence-electron chi connectivity index (χ3n) is 5.23. The average Bonchev–Trinajstić information content (AvgIpc) is 3.38. The first-order valence-electron chi connectivity index (χ1n) is 9.85. The number of thioether (sulfide) groups is 1. The first-order chi connectivity index (χ1) is 14.2. The van der Waals surface area contributed by atoms with Crippen LogP contribution in [0, 0.1) is 6.92 Å². The number of aryl methyl sites for hydroxylation is 1. The number of pyridine rings is 1. The van der Waals surface area contributed by atoms with Crippen molar-refractivity contribution in [3.63, 3.8) is 0 Å². The summed E-state index contributed by atoms with van der Waals surface area (Å²) in [6, 6.07) is 11.6. The van der Waals surface area contributed by atoms with Gasteiger partial charge in [-0.3, -0.25) is 9.36 Å². The van der Waals surface area contributed by atoms with Crippen molar-refractivity contribution in [2.45, 2.75) is 43.3 Å². The highest BCUT2D eigenvalue weighted by Crippen LogP contribution is 2.24. The Morgan fingerprint density at radius 2 is 2.07 bits per heavy atom. The molecule has 1 atom stereocenters. The fraction of sp³-hybridized carbons (Fsp3) is 0.318. The molecule has 0 saturated carbocycles. The molecular formula is C22H22N4O2S. The van der Waals surface area contributed by atoms with Gasteiger partial charge in [0.2, 0.25) is 0 Å². The Balaban J connectivity index is 1.49. The summed E-state index contributed by atoms with van der Waals surface area (Å²) in [7, 11) is 0. The molecule has 0 amide bonds. The summed E-state index contributed by atoms with van der Waals surface area (Å²) in [6.45, 7) is 3.38. The molecule has 29 heavy (non-hydrogen) atoms. The third kappa shape index (κ3) is 3.68. The summed E-state index contributed by atoms with van der Waals surface area (Å²) in [5.74, 6) is 0.650. The minimum absolute atomic E-state index is 0.000716. The highest BCUT2D eigenvalue weighted by molar-refractivity contribution is 7.98. The molecule has 7 heteroatoms. The third-order valence-corrected chi connectivity index (χ3v) is 6.24. The van der Waals surface area contributed by atoms with E-state index in [9.17, 15) is 4.79 Å². The number of imidazole rings is 1. The topological polar surface area (TPSA) is 61.4 Å². The molecule has 1 aliphatic heterocycles. The summed E-state index contributed by atoms with van der Waals surface area (Å²) < 4.78 is 9.60. The minimum Gasteiger partial charge on any atom is -0.376 e. The molecule has 4 heterocycles. The summed E-state index contributed by atoms with van der Waals surface area (Å²) in [6.07, 6.45) is 6.21. The molecule has 5 rings (SSSR count). The lowest BCUT2D eigenvalue weighted by molar-refractivity contribution is 0.0937. The molecule has 3 aromatic heterocycles. The summed E-state index contributed by atoms with van der Waals surface area (Å²) >= 11 is 1.55. The Morgan fingerprint density at radius 1 is 1.17 bits per heavy atom. The van der Waals surface area contributed by atoms with Crippen molar-refractivity contribution < 1.29 is 4.74 Å². The Labute approximate surface area is 172 Å². The van der Waals surface area contributed by atoms with Gasteiger partial charge in [0.1, 0.15) is 5.65 Å². The molecule has 1 unspecified atom stereocenters. The van der Waals surface area contributed by atoms with Crippen LogP contribution >= 0.6 is 11.8 Å². The highest BCUT2D eigenvalue weighted by Gasteiger charge is 2.20. The molecule has 0 N–H and O–H groups in total. The van der Waals surface area contributed by atoms with Crippen LogP contribution in [0.2, 0.25) is 0 Å². The average molecular weight is 407 g/mol. The predicted molar refractivity (Wildman–Crippen MR) is 114 cm³/mol. The number of para-hydroxylation sites is 1. The van der Waals surface area contributed by atoms with Crippen molar-refractivity contribution in [3.05, 3.63) is 70.4 Å². The first-order valence-corrected chi connectivity index (χ1v) is 10.8. The molecule has 0 aliphatic carbocycles. The standard InChI is InChI=1S/C22H22N4O2S/c1-15-8-9-20-23-16(12-25(20)11-15)14-29-22-24-19-7-3-2-6-18(19)21(27)26(22)13-17-5-4-10-28-17/h2-3,6-9,11-12,17H,4-5,10,13-14H2,1H3. The fourth-order valence-corrected chi connectivity index (χ4v) is 4.67. The van der Waals surface area contributed by atoms with E-state index in [1.54, 1.807) is 16.3 Å². The van der Waals surface area contributed by atoms with Gasteiger partial charge in [-0.2, -0.15) is 0 Å². The van der Waals surface area contributed by atoms with Gasteiger partial charge in [-0.15, -0.1) is 0 Å². The summed E-state index contributed by atoms with van der Waals surface area (Å²) in [5.41, 5.74) is 3.81. The molecular weight excluding hydrogens is 384 g/mol. The summed E-state index contributed by atoms with van der Waals surface area (Å²) in [5, 5.41) is 1.37. The van der Waals surface area contributed by atoms with E-state index in [0.717, 1.165) is 41.5 Å². The Bertz CT molecular complexity index is 1240. The quantitative estimate of drug-likeness (QED) is 0.372. The molecule has 4 aromatic rings. The zero-order valence-electron chi connectivity index (χ0n) is 16.2. The van der Waals surface area contributed by atoms with Crippen molar-refractivity contribution in [1.29, 1.82) is 0 Å². The van der Waals surface area contributed by atoms with E-state index in [1.807, 2.05) is 40.9 Å². The van der Waals surface area contributed by atoms with Crippen LogP contribution in [0.3, 0.4) is 0 Å². The second-order valence-corrected chi connectivity index (χ2v) is 8.40. The maximum Gasteiger partial charge on any atom is 0.262 e. The lowest BCUT2D eigenvalue weighted by Gasteiger charge is -2.16. The number of nitrogens with zero attached hydrogens (tertiary/aromatic N) is 4. The Hall–Kier alpha value is -2.64. The monoisotopic (exact) mass is 406 g/mol. The second kappa shape index (κ2) is 7.65. The van der Waals surface area contributed by atoms with Crippen molar-refractivity contribution in [3.8, 4) is 0 Å². The predicted octanol–water partition coefficient (Wildman–Crippen LogP) is 3.82. The van der Waals surface area contributed by atoms with Gasteiger partial charge in [-0.1, -0.05) is 30.0 Å². The van der Waals surface area contributed by atoms with E-state index in [0.29, 0.717) is 17.7 Å². The van der Waals surface area contributed by atoms with Crippen molar-refractivity contribution in [2.24, 2.45) is 0 Å². The first kappa shape index (κ1) is 18.4. The number of rotatable bonds is 5.